The maximum atomic E-state index is 13.7. The molecule has 2 aromatic rings. The molecule has 1 aliphatic carbocycles. The standard InChI is InChI=1S/C30H41N5O2/c1-5-6-8-13-28-32-21-25-29(33-28)34(4)18-19-35(30(25)36)24-15-14-22(2)27(20-24)37-26(16-17-31-3)23-11-9-7-10-12-23/h7,9-12,14-15,20-22,26-27,31H,5-6,8,13,16-19H2,1-4H3. The van der Waals surface area contributed by atoms with Crippen molar-refractivity contribution in [1.82, 2.24) is 20.2 Å². The minimum Gasteiger partial charge on any atom is -0.365 e. The molecular weight excluding hydrogens is 462 g/mol. The summed E-state index contributed by atoms with van der Waals surface area (Å²) in [5, 5.41) is 3.24. The predicted molar refractivity (Wildman–Crippen MR) is 149 cm³/mol. The second-order valence-corrected chi connectivity index (χ2v) is 10.1. The van der Waals surface area contributed by atoms with E-state index in [-0.39, 0.29) is 24.0 Å². The first-order valence-corrected chi connectivity index (χ1v) is 13.7. The molecule has 0 fully saturated rings. The third-order valence-electron chi connectivity index (χ3n) is 7.20. The van der Waals surface area contributed by atoms with Gasteiger partial charge in [-0.3, -0.25) is 4.79 Å². The van der Waals surface area contributed by atoms with Gasteiger partial charge in [-0.15, -0.1) is 0 Å². The summed E-state index contributed by atoms with van der Waals surface area (Å²) in [6.45, 7) is 6.49. The monoisotopic (exact) mass is 503 g/mol. The van der Waals surface area contributed by atoms with Crippen LogP contribution in [0, 0.1) is 5.92 Å². The fourth-order valence-corrected chi connectivity index (χ4v) is 4.88. The van der Waals surface area contributed by atoms with E-state index in [0.29, 0.717) is 18.7 Å². The number of ether oxygens (including phenoxy) is 1. The fourth-order valence-electron chi connectivity index (χ4n) is 4.88. The minimum absolute atomic E-state index is 0.0312. The molecule has 0 radical (unpaired) electrons. The molecule has 3 unspecified atom stereocenters. The Kier molecular flexibility index (Phi) is 9.47. The molecule has 7 heteroatoms. The number of amides is 1. The average molecular weight is 504 g/mol. The number of carbonyl (C=O) groups excluding carboxylic acids is 1. The molecule has 4 rings (SSSR count). The molecule has 2 aliphatic rings. The number of carbonyl (C=O) groups is 1. The number of hydrogen-bond donors (Lipinski definition) is 1. The molecule has 0 saturated heterocycles. The van der Waals surface area contributed by atoms with Gasteiger partial charge in [0, 0.05) is 44.4 Å². The summed E-state index contributed by atoms with van der Waals surface area (Å²) >= 11 is 0. The SMILES string of the molecule is CCCCCc1ncc2c(n1)N(C)CCN(C1=CC(OC(CCNC)c3ccccc3)C(C)C=C1)C2=O. The first-order chi connectivity index (χ1) is 18.0. The summed E-state index contributed by atoms with van der Waals surface area (Å²) in [7, 11) is 3.97. The van der Waals surface area contributed by atoms with Crippen molar-refractivity contribution in [3.8, 4) is 0 Å². The van der Waals surface area contributed by atoms with Gasteiger partial charge in [-0.05, 0) is 44.1 Å². The number of aromatic nitrogens is 2. The van der Waals surface area contributed by atoms with Crippen LogP contribution in [0.2, 0.25) is 0 Å². The van der Waals surface area contributed by atoms with Crippen LogP contribution in [0.15, 0.2) is 60.5 Å². The zero-order valence-electron chi connectivity index (χ0n) is 22.7. The number of nitrogens with one attached hydrogen (secondary N) is 1. The van der Waals surface area contributed by atoms with Crippen molar-refractivity contribution >= 4 is 11.7 Å². The van der Waals surface area contributed by atoms with Crippen LogP contribution >= 0.6 is 0 Å². The number of unbranched alkanes of at least 4 members (excludes halogenated alkanes) is 2. The molecule has 3 atom stereocenters. The lowest BCUT2D eigenvalue weighted by molar-refractivity contribution is -0.0108. The summed E-state index contributed by atoms with van der Waals surface area (Å²) in [6, 6.07) is 10.4. The quantitative estimate of drug-likeness (QED) is 0.439. The summed E-state index contributed by atoms with van der Waals surface area (Å²) in [5.41, 5.74) is 2.60. The molecule has 198 valence electrons. The van der Waals surface area contributed by atoms with Gasteiger partial charge in [0.15, 0.2) is 0 Å². The normalized spacial score (nSPS) is 20.4. The van der Waals surface area contributed by atoms with E-state index in [4.69, 9.17) is 9.72 Å². The molecule has 1 amide bonds. The van der Waals surface area contributed by atoms with Gasteiger partial charge in [-0.25, -0.2) is 9.97 Å². The molecule has 1 N–H and O–H groups in total. The summed E-state index contributed by atoms with van der Waals surface area (Å²) in [5.74, 6) is 1.69. The van der Waals surface area contributed by atoms with E-state index in [2.05, 4.69) is 71.5 Å². The number of rotatable bonds is 11. The van der Waals surface area contributed by atoms with Crippen LogP contribution in [0.1, 0.15) is 67.4 Å². The van der Waals surface area contributed by atoms with Gasteiger partial charge < -0.3 is 19.9 Å². The number of likely N-dealkylation sites (N-methyl/N-ethyl adjacent to an activating group) is 1. The van der Waals surface area contributed by atoms with Crippen LogP contribution in [0.5, 0.6) is 0 Å². The van der Waals surface area contributed by atoms with Gasteiger partial charge >= 0.3 is 0 Å². The highest BCUT2D eigenvalue weighted by Gasteiger charge is 2.31. The molecule has 0 saturated carbocycles. The summed E-state index contributed by atoms with van der Waals surface area (Å²) < 4.78 is 6.69. The number of anilines is 1. The van der Waals surface area contributed by atoms with Crippen LogP contribution in [-0.2, 0) is 11.2 Å². The zero-order valence-corrected chi connectivity index (χ0v) is 22.7. The van der Waals surface area contributed by atoms with Crippen molar-refractivity contribution in [2.75, 3.05) is 38.6 Å². The number of nitrogens with zero attached hydrogens (tertiary/aromatic N) is 4. The summed E-state index contributed by atoms with van der Waals surface area (Å²) in [4.78, 5) is 27.0. The minimum atomic E-state index is -0.132. The van der Waals surface area contributed by atoms with Gasteiger partial charge in [-0.1, -0.05) is 63.1 Å². The first-order valence-electron chi connectivity index (χ1n) is 13.7. The van der Waals surface area contributed by atoms with E-state index in [0.717, 1.165) is 56.0 Å². The Morgan fingerprint density at radius 1 is 1.19 bits per heavy atom. The molecule has 1 aliphatic heterocycles. The predicted octanol–water partition coefficient (Wildman–Crippen LogP) is 4.93. The number of allylic oxidation sites excluding steroid dienone is 1. The largest absolute Gasteiger partial charge is 0.365 e. The van der Waals surface area contributed by atoms with Crippen LogP contribution < -0.4 is 10.2 Å². The lowest BCUT2D eigenvalue weighted by atomic mass is 9.96. The highest BCUT2D eigenvalue weighted by Crippen LogP contribution is 2.31. The second kappa shape index (κ2) is 13.0. The molecule has 7 nitrogen and oxygen atoms in total. The van der Waals surface area contributed by atoms with Crippen LogP contribution in [0.3, 0.4) is 0 Å². The molecule has 1 aromatic heterocycles. The molecular formula is C30H41N5O2. The van der Waals surface area contributed by atoms with Crippen LogP contribution in [-0.4, -0.2) is 60.6 Å². The number of hydrogen-bond acceptors (Lipinski definition) is 6. The Morgan fingerprint density at radius 3 is 2.76 bits per heavy atom. The molecule has 0 spiro atoms. The Hall–Kier alpha value is -3.03. The van der Waals surface area contributed by atoms with Crippen molar-refractivity contribution in [2.45, 2.75) is 58.2 Å². The topological polar surface area (TPSA) is 70.6 Å². The lowest BCUT2D eigenvalue weighted by Crippen LogP contribution is -2.35. The Morgan fingerprint density at radius 2 is 2.00 bits per heavy atom. The maximum absolute atomic E-state index is 13.7. The van der Waals surface area contributed by atoms with Gasteiger partial charge in [0.2, 0.25) is 0 Å². The highest BCUT2D eigenvalue weighted by molar-refractivity contribution is 6.00. The third-order valence-corrected chi connectivity index (χ3v) is 7.20. The number of fused-ring (bicyclic) bond motifs is 1. The van der Waals surface area contributed by atoms with Crippen molar-refractivity contribution in [3.63, 3.8) is 0 Å². The first kappa shape index (κ1) is 27.0. The van der Waals surface area contributed by atoms with Crippen molar-refractivity contribution in [3.05, 3.63) is 77.4 Å². The Bertz CT molecular complexity index is 1100. The van der Waals surface area contributed by atoms with E-state index in [1.807, 2.05) is 25.1 Å². The zero-order chi connectivity index (χ0) is 26.2. The lowest BCUT2D eigenvalue weighted by Gasteiger charge is -2.31. The summed E-state index contributed by atoms with van der Waals surface area (Å²) in [6.07, 6.45) is 13.0. The smallest absolute Gasteiger partial charge is 0.263 e. The number of aryl methyl sites for hydroxylation is 1. The molecule has 2 heterocycles. The van der Waals surface area contributed by atoms with Gasteiger partial charge in [0.25, 0.3) is 5.91 Å². The Labute approximate surface area is 221 Å². The maximum Gasteiger partial charge on any atom is 0.263 e. The van der Waals surface area contributed by atoms with E-state index in [1.165, 1.54) is 5.56 Å². The third kappa shape index (κ3) is 6.65. The van der Waals surface area contributed by atoms with E-state index in [1.54, 1.807) is 6.20 Å². The second-order valence-electron chi connectivity index (χ2n) is 10.1. The number of benzene rings is 1. The highest BCUT2D eigenvalue weighted by atomic mass is 16.5. The van der Waals surface area contributed by atoms with Gasteiger partial charge in [0.05, 0.1) is 12.2 Å². The van der Waals surface area contributed by atoms with E-state index < -0.39 is 0 Å². The van der Waals surface area contributed by atoms with Gasteiger partial charge in [0.1, 0.15) is 17.2 Å². The molecule has 37 heavy (non-hydrogen) atoms. The van der Waals surface area contributed by atoms with Crippen LogP contribution in [0.4, 0.5) is 5.82 Å². The Balaban J connectivity index is 1.56. The van der Waals surface area contributed by atoms with Crippen molar-refractivity contribution in [1.29, 1.82) is 0 Å². The average Bonchev–Trinajstić information content (AvgIpc) is 3.04. The van der Waals surface area contributed by atoms with Crippen molar-refractivity contribution < 1.29 is 9.53 Å². The van der Waals surface area contributed by atoms with E-state index in [9.17, 15) is 4.79 Å². The van der Waals surface area contributed by atoms with Crippen LogP contribution in [0.25, 0.3) is 0 Å². The van der Waals surface area contributed by atoms with Gasteiger partial charge in [-0.2, -0.15) is 0 Å². The van der Waals surface area contributed by atoms with Crippen molar-refractivity contribution in [2.24, 2.45) is 5.92 Å². The van der Waals surface area contributed by atoms with E-state index >= 15 is 0 Å². The molecule has 1 aromatic carbocycles. The molecule has 0 bridgehead atoms. The fraction of sp³-hybridized carbons (Fsp3) is 0.500.